The van der Waals surface area contributed by atoms with Gasteiger partial charge in [0.05, 0.1) is 11.6 Å². The number of hydrogen-bond donors (Lipinski definition) is 1. The van der Waals surface area contributed by atoms with E-state index in [1.165, 1.54) is 0 Å². The van der Waals surface area contributed by atoms with Gasteiger partial charge in [0.2, 0.25) is 5.91 Å². The fourth-order valence-electron chi connectivity index (χ4n) is 2.34. The molecule has 1 N–H and O–H groups in total. The molecule has 2 heterocycles. The summed E-state index contributed by atoms with van der Waals surface area (Å²) in [6, 6.07) is 2.05. The van der Waals surface area contributed by atoms with Crippen LogP contribution in [0.5, 0.6) is 0 Å². The van der Waals surface area contributed by atoms with Gasteiger partial charge in [0, 0.05) is 18.6 Å². The van der Waals surface area contributed by atoms with Crippen LogP contribution in [-0.4, -0.2) is 34.7 Å². The van der Waals surface area contributed by atoms with Gasteiger partial charge >= 0.3 is 0 Å². The van der Waals surface area contributed by atoms with Crippen LogP contribution in [0.3, 0.4) is 0 Å². The van der Waals surface area contributed by atoms with Gasteiger partial charge < -0.3 is 10.2 Å². The number of nitrogens with zero attached hydrogens (tertiary/aromatic N) is 3. The fourth-order valence-corrected chi connectivity index (χ4v) is 2.34. The maximum absolute atomic E-state index is 12.2. The molecule has 1 atom stereocenters. The summed E-state index contributed by atoms with van der Waals surface area (Å²) in [5, 5.41) is 11.4. The van der Waals surface area contributed by atoms with E-state index in [2.05, 4.69) is 20.4 Å². The van der Waals surface area contributed by atoms with Gasteiger partial charge in [0.1, 0.15) is 0 Å². The molecule has 20 heavy (non-hydrogen) atoms. The first-order valence-electron chi connectivity index (χ1n) is 7.14. The summed E-state index contributed by atoms with van der Waals surface area (Å²) < 4.78 is 0. The van der Waals surface area contributed by atoms with Gasteiger partial charge in [-0.2, -0.15) is 5.10 Å². The van der Waals surface area contributed by atoms with E-state index < -0.39 is 0 Å². The van der Waals surface area contributed by atoms with E-state index in [-0.39, 0.29) is 17.4 Å². The van der Waals surface area contributed by atoms with Crippen molar-refractivity contribution in [3.63, 3.8) is 0 Å². The lowest BCUT2D eigenvalue weighted by Crippen LogP contribution is -2.44. The largest absolute Gasteiger partial charge is 0.354 e. The van der Waals surface area contributed by atoms with Crippen molar-refractivity contribution < 1.29 is 4.79 Å². The van der Waals surface area contributed by atoms with E-state index in [1.54, 1.807) is 0 Å². The lowest BCUT2D eigenvalue weighted by Gasteiger charge is -2.23. The number of carbonyl (C=O) groups excluding carboxylic acids is 1. The van der Waals surface area contributed by atoms with Gasteiger partial charge in [0.15, 0.2) is 5.82 Å². The van der Waals surface area contributed by atoms with Crippen LogP contribution in [0.4, 0.5) is 5.82 Å². The summed E-state index contributed by atoms with van der Waals surface area (Å²) >= 11 is 0. The number of anilines is 1. The number of carbonyl (C=O) groups is 1. The molecular formula is C15H24N4O. The highest BCUT2D eigenvalue weighted by Gasteiger charge is 2.31. The summed E-state index contributed by atoms with van der Waals surface area (Å²) in [7, 11) is 0. The minimum Gasteiger partial charge on any atom is -0.354 e. The van der Waals surface area contributed by atoms with Crippen molar-refractivity contribution in [1.82, 2.24) is 15.5 Å². The molecule has 0 saturated carbocycles. The molecule has 0 spiro atoms. The molecule has 2 rings (SSSR count). The highest BCUT2D eigenvalue weighted by molar-refractivity contribution is 5.80. The Morgan fingerprint density at radius 1 is 1.35 bits per heavy atom. The Labute approximate surface area is 120 Å². The van der Waals surface area contributed by atoms with Crippen LogP contribution in [0.1, 0.15) is 38.4 Å². The molecule has 5 heteroatoms. The zero-order chi connectivity index (χ0) is 14.9. The number of nitrogens with one attached hydrogen (secondary N) is 1. The second kappa shape index (κ2) is 5.38. The van der Waals surface area contributed by atoms with Crippen LogP contribution >= 0.6 is 0 Å². The van der Waals surface area contributed by atoms with Gasteiger partial charge in [-0.1, -0.05) is 0 Å². The lowest BCUT2D eigenvalue weighted by atomic mass is 10.0. The maximum Gasteiger partial charge on any atom is 0.225 e. The molecule has 5 nitrogen and oxygen atoms in total. The minimum atomic E-state index is -0.176. The SMILES string of the molecule is Cc1cc(N2CCC(C(=O)NC(C)(C)C)C2)nnc1C. The quantitative estimate of drug-likeness (QED) is 0.895. The van der Waals surface area contributed by atoms with Gasteiger partial charge in [-0.15, -0.1) is 5.10 Å². The Morgan fingerprint density at radius 3 is 2.65 bits per heavy atom. The molecular weight excluding hydrogens is 252 g/mol. The van der Waals surface area contributed by atoms with Crippen molar-refractivity contribution >= 4 is 11.7 Å². The fraction of sp³-hybridized carbons (Fsp3) is 0.667. The first-order chi connectivity index (χ1) is 9.26. The normalized spacial score (nSPS) is 19.2. The maximum atomic E-state index is 12.2. The van der Waals surface area contributed by atoms with Gasteiger partial charge in [-0.3, -0.25) is 4.79 Å². The molecule has 0 radical (unpaired) electrons. The van der Waals surface area contributed by atoms with Crippen molar-refractivity contribution in [2.45, 2.75) is 46.6 Å². The van der Waals surface area contributed by atoms with Gasteiger partial charge in [-0.25, -0.2) is 0 Å². The zero-order valence-corrected chi connectivity index (χ0v) is 13.0. The van der Waals surface area contributed by atoms with E-state index in [0.717, 1.165) is 36.6 Å². The van der Waals surface area contributed by atoms with Crippen LogP contribution in [-0.2, 0) is 4.79 Å². The summed E-state index contributed by atoms with van der Waals surface area (Å²) in [5.41, 5.74) is 1.91. The van der Waals surface area contributed by atoms with Crippen LogP contribution in [0.25, 0.3) is 0 Å². The average molecular weight is 276 g/mol. The summed E-state index contributed by atoms with van der Waals surface area (Å²) in [6.07, 6.45) is 0.872. The minimum absolute atomic E-state index is 0.0395. The lowest BCUT2D eigenvalue weighted by molar-refractivity contribution is -0.125. The second-order valence-corrected chi connectivity index (χ2v) is 6.64. The number of aryl methyl sites for hydroxylation is 2. The third-order valence-corrected chi connectivity index (χ3v) is 3.60. The number of rotatable bonds is 2. The number of hydrogen-bond acceptors (Lipinski definition) is 4. The molecule has 1 saturated heterocycles. The van der Waals surface area contributed by atoms with Crippen LogP contribution in [0, 0.1) is 19.8 Å². The van der Waals surface area contributed by atoms with Crippen molar-refractivity contribution in [2.24, 2.45) is 5.92 Å². The molecule has 0 aromatic carbocycles. The van der Waals surface area contributed by atoms with E-state index in [9.17, 15) is 4.79 Å². The van der Waals surface area contributed by atoms with Crippen LogP contribution < -0.4 is 10.2 Å². The standard InChI is InChI=1S/C15H24N4O/c1-10-8-13(18-17-11(10)2)19-7-6-12(9-19)14(20)16-15(3,4)5/h8,12H,6-7,9H2,1-5H3,(H,16,20). The average Bonchev–Trinajstić information content (AvgIpc) is 2.80. The first kappa shape index (κ1) is 14.8. The van der Waals surface area contributed by atoms with E-state index in [1.807, 2.05) is 40.7 Å². The molecule has 110 valence electrons. The third-order valence-electron chi connectivity index (χ3n) is 3.60. The topological polar surface area (TPSA) is 58.1 Å². The predicted molar refractivity (Wildman–Crippen MR) is 79.7 cm³/mol. The summed E-state index contributed by atoms with van der Waals surface area (Å²) in [4.78, 5) is 14.3. The number of amides is 1. The summed E-state index contributed by atoms with van der Waals surface area (Å²) in [6.45, 7) is 11.6. The molecule has 0 aliphatic carbocycles. The van der Waals surface area contributed by atoms with Crippen LogP contribution in [0.2, 0.25) is 0 Å². The Bertz CT molecular complexity index is 507. The Hall–Kier alpha value is -1.65. The van der Waals surface area contributed by atoms with Gasteiger partial charge in [-0.05, 0) is 52.7 Å². The molecule has 1 aliphatic heterocycles. The highest BCUT2D eigenvalue weighted by Crippen LogP contribution is 2.23. The molecule has 1 aromatic heterocycles. The first-order valence-corrected chi connectivity index (χ1v) is 7.14. The Morgan fingerprint density at radius 2 is 2.05 bits per heavy atom. The molecule has 0 bridgehead atoms. The van der Waals surface area contributed by atoms with Crippen molar-refractivity contribution in [3.8, 4) is 0 Å². The third kappa shape index (κ3) is 3.46. The van der Waals surface area contributed by atoms with E-state index in [0.29, 0.717) is 0 Å². The van der Waals surface area contributed by atoms with Crippen molar-refractivity contribution in [1.29, 1.82) is 0 Å². The van der Waals surface area contributed by atoms with Crippen LogP contribution in [0.15, 0.2) is 6.07 Å². The smallest absolute Gasteiger partial charge is 0.225 e. The highest BCUT2D eigenvalue weighted by atomic mass is 16.2. The molecule has 1 aromatic rings. The molecule has 1 amide bonds. The monoisotopic (exact) mass is 276 g/mol. The summed E-state index contributed by atoms with van der Waals surface area (Å²) in [5.74, 6) is 1.05. The number of aromatic nitrogens is 2. The predicted octanol–water partition coefficient (Wildman–Crippen LogP) is 1.83. The Kier molecular flexibility index (Phi) is 3.97. The Balaban J connectivity index is 2.01. The van der Waals surface area contributed by atoms with Crippen molar-refractivity contribution in [2.75, 3.05) is 18.0 Å². The molecule has 1 aliphatic rings. The van der Waals surface area contributed by atoms with Gasteiger partial charge in [0.25, 0.3) is 0 Å². The molecule has 1 fully saturated rings. The van der Waals surface area contributed by atoms with E-state index >= 15 is 0 Å². The second-order valence-electron chi connectivity index (χ2n) is 6.64. The molecule has 1 unspecified atom stereocenters. The van der Waals surface area contributed by atoms with Crippen molar-refractivity contribution in [3.05, 3.63) is 17.3 Å². The zero-order valence-electron chi connectivity index (χ0n) is 13.0. The van der Waals surface area contributed by atoms with E-state index in [4.69, 9.17) is 0 Å².